The average Bonchev–Trinajstić information content (AvgIpc) is 3.06. The molecule has 2 aliphatic heterocycles. The van der Waals surface area contributed by atoms with Crippen molar-refractivity contribution in [3.05, 3.63) is 68.5 Å². The number of hydrogen-bond acceptors (Lipinski definition) is 7. The van der Waals surface area contributed by atoms with E-state index in [9.17, 15) is 14.2 Å². The van der Waals surface area contributed by atoms with E-state index in [0.717, 1.165) is 5.56 Å². The molecule has 27 heavy (non-hydrogen) atoms. The van der Waals surface area contributed by atoms with Crippen molar-refractivity contribution in [3.8, 4) is 0 Å². The standard InChI is InChI=1S/C17H19N2O7P/c1-11-8-19(17(21)18-16(11)20)15-7-13-14(25-15)10-24-27(22,26-13)23-9-12-5-3-2-4-6-12/h2-6,8,13-15H,7,9-10H2,1H3,(H,18,20,21)/t13-,14+,15+,27+/m1/s1. The van der Waals surface area contributed by atoms with Crippen LogP contribution in [0.5, 0.6) is 0 Å². The monoisotopic (exact) mass is 394 g/mol. The molecule has 0 spiro atoms. The van der Waals surface area contributed by atoms with Crippen LogP contribution < -0.4 is 11.2 Å². The third kappa shape index (κ3) is 3.83. The number of benzene rings is 1. The second-order valence-electron chi connectivity index (χ2n) is 6.49. The molecule has 1 aromatic heterocycles. The molecule has 0 unspecified atom stereocenters. The van der Waals surface area contributed by atoms with Crippen LogP contribution in [-0.2, 0) is 29.5 Å². The molecule has 0 saturated carbocycles. The lowest BCUT2D eigenvalue weighted by atomic mass is 10.2. The summed E-state index contributed by atoms with van der Waals surface area (Å²) < 4.78 is 36.1. The zero-order valence-corrected chi connectivity index (χ0v) is 15.5. The van der Waals surface area contributed by atoms with Crippen molar-refractivity contribution in [1.82, 2.24) is 9.55 Å². The predicted molar refractivity (Wildman–Crippen MR) is 94.2 cm³/mol. The number of hydrogen-bond donors (Lipinski definition) is 1. The Morgan fingerprint density at radius 3 is 2.81 bits per heavy atom. The summed E-state index contributed by atoms with van der Waals surface area (Å²) in [7, 11) is -3.72. The minimum atomic E-state index is -3.72. The van der Waals surface area contributed by atoms with E-state index in [1.807, 2.05) is 30.3 Å². The lowest BCUT2D eigenvalue weighted by Gasteiger charge is -2.29. The largest absolute Gasteiger partial charge is 0.475 e. The SMILES string of the molecule is Cc1cn([C@@H]2C[C@H]3O[P@@](=O)(OCc4ccccc4)OC[C@@H]3O2)c(=O)[nH]c1=O. The Morgan fingerprint density at radius 1 is 1.26 bits per heavy atom. The van der Waals surface area contributed by atoms with Gasteiger partial charge in [-0.25, -0.2) is 9.36 Å². The van der Waals surface area contributed by atoms with Crippen LogP contribution in [0.1, 0.15) is 23.8 Å². The van der Waals surface area contributed by atoms with E-state index < -0.39 is 37.5 Å². The van der Waals surface area contributed by atoms with Crippen molar-refractivity contribution < 1.29 is 22.9 Å². The van der Waals surface area contributed by atoms with Crippen molar-refractivity contribution >= 4 is 7.82 Å². The van der Waals surface area contributed by atoms with E-state index in [1.165, 1.54) is 10.8 Å². The first-order chi connectivity index (χ1) is 12.9. The smallest absolute Gasteiger partial charge is 0.349 e. The number of phosphoric ester groups is 1. The molecule has 9 nitrogen and oxygen atoms in total. The second kappa shape index (κ2) is 7.18. The molecule has 2 aromatic rings. The van der Waals surface area contributed by atoms with Crippen molar-refractivity contribution in [2.45, 2.75) is 38.4 Å². The number of aromatic amines is 1. The highest BCUT2D eigenvalue weighted by Crippen LogP contribution is 2.57. The van der Waals surface area contributed by atoms with Crippen LogP contribution >= 0.6 is 7.82 Å². The molecule has 4 atom stereocenters. The Labute approximate surface area is 154 Å². The Bertz CT molecular complexity index is 987. The van der Waals surface area contributed by atoms with Gasteiger partial charge in [-0.3, -0.25) is 27.9 Å². The van der Waals surface area contributed by atoms with E-state index in [2.05, 4.69) is 4.98 Å². The van der Waals surface area contributed by atoms with E-state index in [-0.39, 0.29) is 19.6 Å². The van der Waals surface area contributed by atoms with Crippen LogP contribution in [0, 0.1) is 6.92 Å². The molecule has 2 saturated heterocycles. The molecule has 1 N–H and O–H groups in total. The zero-order chi connectivity index (χ0) is 19.0. The number of phosphoric acid groups is 1. The first-order valence-corrected chi connectivity index (χ1v) is 9.98. The van der Waals surface area contributed by atoms with E-state index >= 15 is 0 Å². The Morgan fingerprint density at radius 2 is 2.04 bits per heavy atom. The molecule has 0 radical (unpaired) electrons. The number of nitrogens with one attached hydrogen (secondary N) is 1. The minimum Gasteiger partial charge on any atom is -0.349 e. The normalized spacial score (nSPS) is 30.2. The van der Waals surface area contributed by atoms with Gasteiger partial charge in [-0.1, -0.05) is 30.3 Å². The third-order valence-electron chi connectivity index (χ3n) is 4.53. The molecule has 0 bridgehead atoms. The number of H-pyrrole nitrogens is 1. The molecule has 3 heterocycles. The van der Waals surface area contributed by atoms with Gasteiger partial charge in [0.2, 0.25) is 0 Å². The van der Waals surface area contributed by atoms with Gasteiger partial charge in [-0.05, 0) is 12.5 Å². The van der Waals surface area contributed by atoms with Gasteiger partial charge in [0.25, 0.3) is 5.56 Å². The fraction of sp³-hybridized carbons (Fsp3) is 0.412. The summed E-state index contributed by atoms with van der Waals surface area (Å²) in [5.41, 5.74) is 0.226. The molecule has 2 aliphatic rings. The molecule has 0 amide bonds. The maximum Gasteiger partial charge on any atom is 0.475 e. The molecule has 10 heteroatoms. The van der Waals surface area contributed by atoms with Crippen molar-refractivity contribution in [3.63, 3.8) is 0 Å². The van der Waals surface area contributed by atoms with Crippen LogP contribution in [0.4, 0.5) is 0 Å². The number of aryl methyl sites for hydroxylation is 1. The van der Waals surface area contributed by atoms with Crippen molar-refractivity contribution in [1.29, 1.82) is 0 Å². The van der Waals surface area contributed by atoms with Gasteiger partial charge in [-0.15, -0.1) is 0 Å². The Balaban J connectivity index is 1.45. The van der Waals surface area contributed by atoms with Crippen LogP contribution in [0.15, 0.2) is 46.1 Å². The average molecular weight is 394 g/mol. The van der Waals surface area contributed by atoms with Crippen molar-refractivity contribution in [2.24, 2.45) is 0 Å². The molecule has 0 aliphatic carbocycles. The van der Waals surface area contributed by atoms with Crippen LogP contribution in [-0.4, -0.2) is 28.4 Å². The van der Waals surface area contributed by atoms with Crippen LogP contribution in [0.2, 0.25) is 0 Å². The third-order valence-corrected chi connectivity index (χ3v) is 5.97. The molecular formula is C17H19N2O7P. The second-order valence-corrected chi connectivity index (χ2v) is 8.11. The molecule has 1 aromatic carbocycles. The Hall–Kier alpha value is -2.03. The quantitative estimate of drug-likeness (QED) is 0.789. The summed E-state index contributed by atoms with van der Waals surface area (Å²) in [4.78, 5) is 25.8. The maximum absolute atomic E-state index is 12.7. The fourth-order valence-electron chi connectivity index (χ4n) is 3.09. The topological polar surface area (TPSA) is 109 Å². The number of aromatic nitrogens is 2. The number of nitrogens with zero attached hydrogens (tertiary/aromatic N) is 1. The zero-order valence-electron chi connectivity index (χ0n) is 14.6. The van der Waals surface area contributed by atoms with Gasteiger partial charge in [0.15, 0.2) is 0 Å². The highest BCUT2D eigenvalue weighted by atomic mass is 31.2. The summed E-state index contributed by atoms with van der Waals surface area (Å²) in [6.45, 7) is 1.73. The van der Waals surface area contributed by atoms with E-state index in [1.54, 1.807) is 6.92 Å². The Kier molecular flexibility index (Phi) is 4.88. The summed E-state index contributed by atoms with van der Waals surface area (Å²) in [5, 5.41) is 0. The first-order valence-electron chi connectivity index (χ1n) is 8.52. The predicted octanol–water partition coefficient (Wildman–Crippen LogP) is 1.87. The van der Waals surface area contributed by atoms with Gasteiger partial charge in [0, 0.05) is 18.2 Å². The molecule has 2 fully saturated rings. The number of fused-ring (bicyclic) bond motifs is 1. The maximum atomic E-state index is 12.7. The minimum absolute atomic E-state index is 0.0321. The van der Waals surface area contributed by atoms with E-state index in [0.29, 0.717) is 5.56 Å². The number of ether oxygens (including phenoxy) is 1. The van der Waals surface area contributed by atoms with Gasteiger partial charge in [0.1, 0.15) is 18.4 Å². The molecule has 4 rings (SSSR count). The molecular weight excluding hydrogens is 375 g/mol. The first kappa shape index (κ1) is 18.3. The fourth-order valence-corrected chi connectivity index (χ4v) is 4.48. The molecule has 144 valence electrons. The lowest BCUT2D eigenvalue weighted by molar-refractivity contribution is -0.0730. The van der Waals surface area contributed by atoms with Gasteiger partial charge in [0.05, 0.1) is 13.2 Å². The van der Waals surface area contributed by atoms with Gasteiger partial charge in [-0.2, -0.15) is 0 Å². The van der Waals surface area contributed by atoms with Crippen LogP contribution in [0.25, 0.3) is 0 Å². The summed E-state index contributed by atoms with van der Waals surface area (Å²) in [6, 6.07) is 9.27. The van der Waals surface area contributed by atoms with Gasteiger partial charge >= 0.3 is 13.5 Å². The summed E-state index contributed by atoms with van der Waals surface area (Å²) in [6.07, 6.45) is 0.0708. The summed E-state index contributed by atoms with van der Waals surface area (Å²) >= 11 is 0. The highest BCUT2D eigenvalue weighted by Gasteiger charge is 2.48. The lowest BCUT2D eigenvalue weighted by Crippen LogP contribution is -2.34. The van der Waals surface area contributed by atoms with Crippen molar-refractivity contribution in [2.75, 3.05) is 6.61 Å². The summed E-state index contributed by atoms with van der Waals surface area (Å²) in [5.74, 6) is 0. The van der Waals surface area contributed by atoms with Crippen LogP contribution in [0.3, 0.4) is 0 Å². The highest BCUT2D eigenvalue weighted by molar-refractivity contribution is 7.48. The number of rotatable bonds is 4. The van der Waals surface area contributed by atoms with Gasteiger partial charge < -0.3 is 4.74 Å². The van der Waals surface area contributed by atoms with E-state index in [4.69, 9.17) is 18.3 Å².